The van der Waals surface area contributed by atoms with Crippen LogP contribution in [0.1, 0.15) is 39.0 Å². The number of Topliss-reactive ketones (excluding diaryl/α,β-unsaturated/α-hetero) is 1. The summed E-state index contributed by atoms with van der Waals surface area (Å²) in [6.07, 6.45) is 3.98. The molecule has 2 fully saturated rings. The highest BCUT2D eigenvalue weighted by atomic mass is 16.5. The molecule has 2 rings (SSSR count). The maximum Gasteiger partial charge on any atom is 0.162 e. The third kappa shape index (κ3) is 2.23. The van der Waals surface area contributed by atoms with Crippen molar-refractivity contribution >= 4 is 5.78 Å². The summed E-state index contributed by atoms with van der Waals surface area (Å²) in [5.74, 6) is 0.601. The minimum absolute atomic E-state index is 0.0366. The number of carbonyl (C=O) groups excluding carboxylic acids is 1. The van der Waals surface area contributed by atoms with Crippen LogP contribution in [-0.2, 0) is 9.53 Å². The van der Waals surface area contributed by atoms with E-state index >= 15 is 0 Å². The van der Waals surface area contributed by atoms with E-state index in [-0.39, 0.29) is 17.3 Å². The minimum Gasteiger partial charge on any atom is -0.385 e. The second-order valence-corrected chi connectivity index (χ2v) is 5.44. The van der Waals surface area contributed by atoms with Crippen LogP contribution >= 0.6 is 0 Å². The maximum absolute atomic E-state index is 11.7. The minimum atomic E-state index is -0.774. The Morgan fingerprint density at radius 3 is 2.60 bits per heavy atom. The zero-order chi connectivity index (χ0) is 11.1. The van der Waals surface area contributed by atoms with Gasteiger partial charge in [0.1, 0.15) is 6.10 Å². The molecule has 86 valence electrons. The van der Waals surface area contributed by atoms with Crippen LogP contribution in [0.2, 0.25) is 0 Å². The summed E-state index contributed by atoms with van der Waals surface area (Å²) in [7, 11) is 1.68. The Morgan fingerprint density at radius 2 is 2.13 bits per heavy atom. The molecule has 2 saturated carbocycles. The van der Waals surface area contributed by atoms with Crippen LogP contribution in [0.4, 0.5) is 0 Å². The number of aliphatic hydroxyl groups is 1. The molecule has 0 aromatic heterocycles. The van der Waals surface area contributed by atoms with Gasteiger partial charge in [0, 0.05) is 18.9 Å². The number of aliphatic hydroxyl groups excluding tert-OH is 1. The first-order chi connectivity index (χ1) is 7.05. The lowest BCUT2D eigenvalue weighted by atomic mass is 9.63. The molecule has 15 heavy (non-hydrogen) atoms. The lowest BCUT2D eigenvalue weighted by Gasteiger charge is -2.46. The van der Waals surface area contributed by atoms with Crippen molar-refractivity contribution in [3.05, 3.63) is 0 Å². The van der Waals surface area contributed by atoms with E-state index in [1.165, 1.54) is 0 Å². The van der Waals surface area contributed by atoms with E-state index in [9.17, 15) is 9.90 Å². The van der Waals surface area contributed by atoms with Gasteiger partial charge in [-0.1, -0.05) is 6.92 Å². The van der Waals surface area contributed by atoms with Crippen molar-refractivity contribution in [1.29, 1.82) is 0 Å². The van der Waals surface area contributed by atoms with Gasteiger partial charge in [0.05, 0.1) is 6.10 Å². The molecule has 1 unspecified atom stereocenters. The second-order valence-electron chi connectivity index (χ2n) is 5.44. The molecule has 0 saturated heterocycles. The summed E-state index contributed by atoms with van der Waals surface area (Å²) >= 11 is 0. The summed E-state index contributed by atoms with van der Waals surface area (Å²) in [5, 5.41) is 9.98. The Bertz CT molecular complexity index is 252. The SMILES string of the molecule is COC1CC(C)(C(O)C(=O)CC2CC2)C1. The number of methoxy groups -OCH3 is 1. The molecule has 0 aromatic carbocycles. The quantitative estimate of drug-likeness (QED) is 0.751. The molecule has 1 N–H and O–H groups in total. The molecule has 0 amide bonds. The molecule has 0 aromatic rings. The fourth-order valence-corrected chi connectivity index (χ4v) is 2.48. The Kier molecular flexibility index (Phi) is 2.86. The lowest BCUT2D eigenvalue weighted by molar-refractivity contribution is -0.150. The van der Waals surface area contributed by atoms with E-state index in [0.29, 0.717) is 12.3 Å². The van der Waals surface area contributed by atoms with E-state index in [2.05, 4.69) is 0 Å². The zero-order valence-corrected chi connectivity index (χ0v) is 9.53. The van der Waals surface area contributed by atoms with E-state index in [1.54, 1.807) is 7.11 Å². The first-order valence-corrected chi connectivity index (χ1v) is 5.79. The van der Waals surface area contributed by atoms with Crippen LogP contribution in [0.3, 0.4) is 0 Å². The lowest BCUT2D eigenvalue weighted by Crippen LogP contribution is -2.50. The molecule has 0 aliphatic heterocycles. The smallest absolute Gasteiger partial charge is 0.162 e. The van der Waals surface area contributed by atoms with Crippen molar-refractivity contribution in [2.24, 2.45) is 11.3 Å². The van der Waals surface area contributed by atoms with Gasteiger partial charge < -0.3 is 9.84 Å². The van der Waals surface area contributed by atoms with Gasteiger partial charge in [-0.25, -0.2) is 0 Å². The van der Waals surface area contributed by atoms with Gasteiger partial charge in [-0.3, -0.25) is 4.79 Å². The van der Waals surface area contributed by atoms with Crippen molar-refractivity contribution in [3.8, 4) is 0 Å². The van der Waals surface area contributed by atoms with Crippen molar-refractivity contribution in [2.75, 3.05) is 7.11 Å². The van der Waals surface area contributed by atoms with Gasteiger partial charge in [0.15, 0.2) is 5.78 Å². The third-order valence-corrected chi connectivity index (χ3v) is 3.87. The van der Waals surface area contributed by atoms with Gasteiger partial charge in [-0.15, -0.1) is 0 Å². The van der Waals surface area contributed by atoms with Crippen LogP contribution in [0.5, 0.6) is 0 Å². The highest BCUT2D eigenvalue weighted by molar-refractivity contribution is 5.84. The summed E-state index contributed by atoms with van der Waals surface area (Å²) < 4.78 is 5.18. The third-order valence-electron chi connectivity index (χ3n) is 3.87. The van der Waals surface area contributed by atoms with E-state index in [1.807, 2.05) is 6.92 Å². The number of ketones is 1. The van der Waals surface area contributed by atoms with Crippen LogP contribution in [0.25, 0.3) is 0 Å². The van der Waals surface area contributed by atoms with Crippen molar-refractivity contribution in [3.63, 3.8) is 0 Å². The van der Waals surface area contributed by atoms with E-state index < -0.39 is 6.10 Å². The first-order valence-electron chi connectivity index (χ1n) is 5.79. The predicted molar refractivity (Wildman–Crippen MR) is 56.5 cm³/mol. The highest BCUT2D eigenvalue weighted by Gasteiger charge is 2.48. The van der Waals surface area contributed by atoms with Crippen molar-refractivity contribution < 1.29 is 14.6 Å². The van der Waals surface area contributed by atoms with Crippen LogP contribution < -0.4 is 0 Å². The number of rotatable bonds is 5. The van der Waals surface area contributed by atoms with Crippen molar-refractivity contribution in [2.45, 2.75) is 51.2 Å². The Labute approximate surface area is 90.8 Å². The molecule has 2 aliphatic rings. The largest absolute Gasteiger partial charge is 0.385 e. The monoisotopic (exact) mass is 212 g/mol. The number of carbonyl (C=O) groups is 1. The standard InChI is InChI=1S/C12H20O3/c1-12(6-9(7-12)15-2)11(14)10(13)5-8-3-4-8/h8-9,11,14H,3-7H2,1-2H3. The van der Waals surface area contributed by atoms with Crippen LogP contribution in [0.15, 0.2) is 0 Å². The summed E-state index contributed by atoms with van der Waals surface area (Å²) in [4.78, 5) is 11.7. The summed E-state index contributed by atoms with van der Waals surface area (Å²) in [6, 6.07) is 0. The van der Waals surface area contributed by atoms with Crippen molar-refractivity contribution in [1.82, 2.24) is 0 Å². The molecule has 1 atom stereocenters. The molecular weight excluding hydrogens is 192 g/mol. The van der Waals surface area contributed by atoms with E-state index in [0.717, 1.165) is 25.7 Å². The zero-order valence-electron chi connectivity index (χ0n) is 9.53. The fraction of sp³-hybridized carbons (Fsp3) is 0.917. The second kappa shape index (κ2) is 3.87. The van der Waals surface area contributed by atoms with Gasteiger partial charge >= 0.3 is 0 Å². The molecule has 0 heterocycles. The normalized spacial score (nSPS) is 37.1. The topological polar surface area (TPSA) is 46.5 Å². The first kappa shape index (κ1) is 11.1. The molecule has 0 spiro atoms. The van der Waals surface area contributed by atoms with Gasteiger partial charge in [-0.2, -0.15) is 0 Å². The molecular formula is C12H20O3. The molecule has 3 heteroatoms. The predicted octanol–water partition coefficient (Wildman–Crippen LogP) is 1.53. The number of ether oxygens (including phenoxy) is 1. The molecule has 0 radical (unpaired) electrons. The average Bonchev–Trinajstić information content (AvgIpc) is 2.95. The molecule has 2 aliphatic carbocycles. The average molecular weight is 212 g/mol. The van der Waals surface area contributed by atoms with Gasteiger partial charge in [-0.05, 0) is 31.6 Å². The Morgan fingerprint density at radius 1 is 1.53 bits per heavy atom. The molecule has 3 nitrogen and oxygen atoms in total. The van der Waals surface area contributed by atoms with Gasteiger partial charge in [0.2, 0.25) is 0 Å². The molecule has 0 bridgehead atoms. The van der Waals surface area contributed by atoms with E-state index in [4.69, 9.17) is 4.74 Å². The fourth-order valence-electron chi connectivity index (χ4n) is 2.48. The Hall–Kier alpha value is -0.410. The van der Waals surface area contributed by atoms with Crippen LogP contribution in [0, 0.1) is 11.3 Å². The summed E-state index contributed by atoms with van der Waals surface area (Å²) in [6.45, 7) is 1.98. The Balaban J connectivity index is 1.84. The number of hydrogen-bond acceptors (Lipinski definition) is 3. The van der Waals surface area contributed by atoms with Crippen LogP contribution in [-0.4, -0.2) is 30.2 Å². The summed E-state index contributed by atoms with van der Waals surface area (Å²) in [5.41, 5.74) is -0.230. The van der Waals surface area contributed by atoms with Gasteiger partial charge in [0.25, 0.3) is 0 Å². The number of hydrogen-bond donors (Lipinski definition) is 1. The maximum atomic E-state index is 11.7. The highest BCUT2D eigenvalue weighted by Crippen LogP contribution is 2.46.